The molecule has 0 saturated carbocycles. The second kappa shape index (κ2) is 8.86. The highest BCUT2D eigenvalue weighted by Gasteiger charge is 2.20. The molecule has 0 spiro atoms. The van der Waals surface area contributed by atoms with Crippen LogP contribution >= 0.6 is 23.2 Å². The molecule has 29 heavy (non-hydrogen) atoms. The predicted octanol–water partition coefficient (Wildman–Crippen LogP) is 5.00. The average Bonchev–Trinajstić information content (AvgIpc) is 2.71. The van der Waals surface area contributed by atoms with Crippen LogP contribution in [0.4, 0.5) is 11.4 Å². The second-order valence-electron chi connectivity index (χ2n) is 6.30. The van der Waals surface area contributed by atoms with Crippen molar-refractivity contribution in [3.8, 4) is 0 Å². The molecule has 0 fully saturated rings. The Bertz CT molecular complexity index is 1120. The number of benzene rings is 3. The highest BCUT2D eigenvalue weighted by atomic mass is 35.5. The van der Waals surface area contributed by atoms with Crippen molar-refractivity contribution in [3.05, 3.63) is 88.4 Å². The number of carbonyl (C=O) groups excluding carboxylic acids is 1. The summed E-state index contributed by atoms with van der Waals surface area (Å²) in [5.74, 6) is -0.243. The van der Waals surface area contributed by atoms with Gasteiger partial charge in [-0.15, -0.1) is 0 Å². The molecule has 0 atom stereocenters. The molecule has 5 nitrogen and oxygen atoms in total. The van der Waals surface area contributed by atoms with Crippen LogP contribution in [0.3, 0.4) is 0 Å². The molecule has 150 valence electrons. The quantitative estimate of drug-likeness (QED) is 0.576. The van der Waals surface area contributed by atoms with Crippen molar-refractivity contribution < 1.29 is 13.2 Å². The highest BCUT2D eigenvalue weighted by Crippen LogP contribution is 2.26. The molecule has 3 rings (SSSR count). The molecular weight excluding hydrogens is 431 g/mol. The third-order valence-corrected chi connectivity index (χ3v) is 6.62. The lowest BCUT2D eigenvalue weighted by Crippen LogP contribution is -2.26. The minimum atomic E-state index is -3.65. The summed E-state index contributed by atoms with van der Waals surface area (Å²) >= 11 is 11.9. The Hall–Kier alpha value is -2.54. The molecule has 3 aromatic rings. The average molecular weight is 449 g/mol. The zero-order chi connectivity index (χ0) is 21.0. The summed E-state index contributed by atoms with van der Waals surface area (Å²) in [5.41, 5.74) is 1.71. The van der Waals surface area contributed by atoms with E-state index in [1.807, 2.05) is 0 Å². The van der Waals surface area contributed by atoms with Gasteiger partial charge in [0.15, 0.2) is 0 Å². The number of rotatable bonds is 6. The van der Waals surface area contributed by atoms with Crippen LogP contribution in [0.15, 0.2) is 77.7 Å². The molecule has 8 heteroatoms. The minimum absolute atomic E-state index is 0.119. The lowest BCUT2D eigenvalue weighted by atomic mass is 10.1. The zero-order valence-corrected chi connectivity index (χ0v) is 17.8. The first kappa shape index (κ1) is 21.2. The lowest BCUT2D eigenvalue weighted by molar-refractivity contribution is -0.115. The van der Waals surface area contributed by atoms with Gasteiger partial charge < -0.3 is 5.32 Å². The Labute approximate surface area is 179 Å². The van der Waals surface area contributed by atoms with Crippen LogP contribution in [0.5, 0.6) is 0 Å². The first-order chi connectivity index (χ1) is 13.8. The van der Waals surface area contributed by atoms with Crippen LogP contribution < -0.4 is 9.62 Å². The van der Waals surface area contributed by atoms with Crippen LogP contribution in [0.1, 0.15) is 5.56 Å². The highest BCUT2D eigenvalue weighted by molar-refractivity contribution is 7.92. The third kappa shape index (κ3) is 5.09. The molecule has 0 saturated heterocycles. The zero-order valence-electron chi connectivity index (χ0n) is 15.5. The molecule has 0 bridgehead atoms. The molecular formula is C21H18Cl2N2O3S. The fourth-order valence-electron chi connectivity index (χ4n) is 2.68. The standard InChI is InChI=1S/C21H18Cl2N2O3S/c1-25(29(27,28)18-5-3-2-4-6-18)17-10-7-15(8-11-17)13-21(26)24-20-12-9-16(22)14-19(20)23/h2-12,14H,13H2,1H3,(H,24,26). The molecule has 0 unspecified atom stereocenters. The van der Waals surface area contributed by atoms with Gasteiger partial charge in [-0.1, -0.05) is 53.5 Å². The van der Waals surface area contributed by atoms with Gasteiger partial charge >= 0.3 is 0 Å². The van der Waals surface area contributed by atoms with E-state index in [2.05, 4.69) is 5.32 Å². The van der Waals surface area contributed by atoms with E-state index in [0.29, 0.717) is 21.4 Å². The van der Waals surface area contributed by atoms with Gasteiger partial charge in [-0.2, -0.15) is 0 Å². The van der Waals surface area contributed by atoms with Crippen LogP contribution in [-0.4, -0.2) is 21.4 Å². The van der Waals surface area contributed by atoms with Crippen molar-refractivity contribution in [3.63, 3.8) is 0 Å². The van der Waals surface area contributed by atoms with Crippen molar-refractivity contribution in [2.45, 2.75) is 11.3 Å². The summed E-state index contributed by atoms with van der Waals surface area (Å²) in [7, 11) is -2.16. The van der Waals surface area contributed by atoms with Crippen LogP contribution in [0, 0.1) is 0 Å². The fraction of sp³-hybridized carbons (Fsp3) is 0.0952. The number of anilines is 2. The lowest BCUT2D eigenvalue weighted by Gasteiger charge is -2.19. The molecule has 1 N–H and O–H groups in total. The summed E-state index contributed by atoms with van der Waals surface area (Å²) in [6.07, 6.45) is 0.119. The van der Waals surface area contributed by atoms with Gasteiger partial charge in [0.1, 0.15) is 0 Å². The molecule has 1 amide bonds. The van der Waals surface area contributed by atoms with Crippen molar-refractivity contribution in [2.75, 3.05) is 16.7 Å². The molecule has 0 aliphatic rings. The number of halogens is 2. The van der Waals surface area contributed by atoms with E-state index in [4.69, 9.17) is 23.2 Å². The van der Waals surface area contributed by atoms with E-state index in [-0.39, 0.29) is 17.2 Å². The van der Waals surface area contributed by atoms with Gasteiger partial charge in [0.05, 0.1) is 27.7 Å². The number of hydrogen-bond acceptors (Lipinski definition) is 3. The van der Waals surface area contributed by atoms with Crippen LogP contribution in [-0.2, 0) is 21.2 Å². The molecule has 0 aliphatic heterocycles. The van der Waals surface area contributed by atoms with Crippen LogP contribution in [0.25, 0.3) is 0 Å². The Morgan fingerprint density at radius 3 is 2.24 bits per heavy atom. The molecule has 0 aliphatic carbocycles. The Balaban J connectivity index is 1.69. The Morgan fingerprint density at radius 1 is 0.966 bits per heavy atom. The van der Waals surface area contributed by atoms with Crippen molar-refractivity contribution >= 4 is 50.5 Å². The number of sulfonamides is 1. The third-order valence-electron chi connectivity index (χ3n) is 4.27. The van der Waals surface area contributed by atoms with Crippen LogP contribution in [0.2, 0.25) is 10.0 Å². The largest absolute Gasteiger partial charge is 0.324 e. The van der Waals surface area contributed by atoms with E-state index in [0.717, 1.165) is 5.56 Å². The summed E-state index contributed by atoms with van der Waals surface area (Å²) in [6.45, 7) is 0. The first-order valence-electron chi connectivity index (χ1n) is 8.65. The van der Waals surface area contributed by atoms with E-state index >= 15 is 0 Å². The first-order valence-corrected chi connectivity index (χ1v) is 10.8. The topological polar surface area (TPSA) is 66.5 Å². The number of nitrogens with one attached hydrogen (secondary N) is 1. The normalized spacial score (nSPS) is 11.1. The summed E-state index contributed by atoms with van der Waals surface area (Å²) in [5, 5.41) is 3.57. The monoisotopic (exact) mass is 448 g/mol. The summed E-state index contributed by atoms with van der Waals surface area (Å²) in [4.78, 5) is 12.5. The second-order valence-corrected chi connectivity index (χ2v) is 9.11. The molecule has 0 aromatic heterocycles. The van der Waals surface area contributed by atoms with E-state index < -0.39 is 10.0 Å². The predicted molar refractivity (Wildman–Crippen MR) is 117 cm³/mol. The summed E-state index contributed by atoms with van der Waals surface area (Å²) < 4.78 is 26.6. The maximum atomic E-state index is 12.7. The molecule has 0 heterocycles. The van der Waals surface area contributed by atoms with Gasteiger partial charge in [0, 0.05) is 12.1 Å². The van der Waals surface area contributed by atoms with Gasteiger partial charge in [0.25, 0.3) is 10.0 Å². The number of amides is 1. The SMILES string of the molecule is CN(c1ccc(CC(=O)Nc2ccc(Cl)cc2Cl)cc1)S(=O)(=O)c1ccccc1. The van der Waals surface area contributed by atoms with E-state index in [9.17, 15) is 13.2 Å². The van der Waals surface area contributed by atoms with Gasteiger partial charge in [-0.05, 0) is 48.0 Å². The van der Waals surface area contributed by atoms with Gasteiger partial charge in [-0.3, -0.25) is 9.10 Å². The van der Waals surface area contributed by atoms with E-state index in [1.165, 1.54) is 11.4 Å². The van der Waals surface area contributed by atoms with Crippen molar-refractivity contribution in [2.24, 2.45) is 0 Å². The maximum Gasteiger partial charge on any atom is 0.264 e. The Kier molecular flexibility index (Phi) is 6.47. The molecule has 3 aromatic carbocycles. The fourth-order valence-corrected chi connectivity index (χ4v) is 4.36. The number of carbonyl (C=O) groups is 1. The molecule has 0 radical (unpaired) electrons. The number of hydrogen-bond donors (Lipinski definition) is 1. The minimum Gasteiger partial charge on any atom is -0.324 e. The Morgan fingerprint density at radius 2 is 1.62 bits per heavy atom. The van der Waals surface area contributed by atoms with Gasteiger partial charge in [-0.25, -0.2) is 8.42 Å². The van der Waals surface area contributed by atoms with Gasteiger partial charge in [0.2, 0.25) is 5.91 Å². The summed E-state index contributed by atoms with van der Waals surface area (Å²) in [6, 6.07) is 19.8. The van der Waals surface area contributed by atoms with Crippen molar-refractivity contribution in [1.29, 1.82) is 0 Å². The van der Waals surface area contributed by atoms with Crippen molar-refractivity contribution in [1.82, 2.24) is 0 Å². The van der Waals surface area contributed by atoms with E-state index in [1.54, 1.807) is 72.8 Å². The number of nitrogens with zero attached hydrogens (tertiary/aromatic N) is 1. The maximum absolute atomic E-state index is 12.7. The smallest absolute Gasteiger partial charge is 0.264 e.